The molecular formula is C19H26N4O4. The fourth-order valence-corrected chi connectivity index (χ4v) is 2.52. The second-order valence-electron chi connectivity index (χ2n) is 6.40. The van der Waals surface area contributed by atoms with E-state index in [4.69, 9.17) is 4.74 Å². The van der Waals surface area contributed by atoms with Crippen LogP contribution in [-0.2, 0) is 14.4 Å². The summed E-state index contributed by atoms with van der Waals surface area (Å²) in [4.78, 5) is 37.2. The van der Waals surface area contributed by atoms with Crippen LogP contribution in [-0.4, -0.2) is 54.6 Å². The maximum atomic E-state index is 12.1. The zero-order valence-electron chi connectivity index (χ0n) is 15.7. The average Bonchev–Trinajstić information content (AvgIpc) is 3.21. The maximum Gasteiger partial charge on any atom is 0.329 e. The lowest BCUT2D eigenvalue weighted by atomic mass is 10.2. The number of nitrogens with one attached hydrogen (secondary N) is 2. The molecule has 0 aromatic heterocycles. The Morgan fingerprint density at radius 1 is 1.22 bits per heavy atom. The van der Waals surface area contributed by atoms with Crippen LogP contribution >= 0.6 is 0 Å². The summed E-state index contributed by atoms with van der Waals surface area (Å²) >= 11 is 0. The normalized spacial score (nSPS) is 14.8. The standard InChI is InChI=1S/C19H26N4O4/c1-3-14(2)21-18(25)19(26)22-20-12-15-8-4-5-9-16(15)27-13-17(24)23-10-6-7-11-23/h4-5,8-9,12,14H,3,6-7,10-11,13H2,1-2H3,(H,21,25)(H,22,26)/b20-12-/t14-/m1/s1. The Morgan fingerprint density at radius 3 is 2.63 bits per heavy atom. The van der Waals surface area contributed by atoms with Gasteiger partial charge in [0.15, 0.2) is 6.61 Å². The molecule has 1 fully saturated rings. The quantitative estimate of drug-likeness (QED) is 0.423. The third-order valence-corrected chi connectivity index (χ3v) is 4.29. The van der Waals surface area contributed by atoms with Crippen molar-refractivity contribution < 1.29 is 19.1 Å². The summed E-state index contributed by atoms with van der Waals surface area (Å²) in [5.74, 6) is -1.14. The van der Waals surface area contributed by atoms with E-state index in [1.807, 2.05) is 13.8 Å². The van der Waals surface area contributed by atoms with Gasteiger partial charge in [0.1, 0.15) is 5.75 Å². The highest BCUT2D eigenvalue weighted by atomic mass is 16.5. The van der Waals surface area contributed by atoms with Gasteiger partial charge in [-0.25, -0.2) is 5.43 Å². The second kappa shape index (κ2) is 10.3. The van der Waals surface area contributed by atoms with Gasteiger partial charge in [-0.2, -0.15) is 5.10 Å². The van der Waals surface area contributed by atoms with Gasteiger partial charge in [0.2, 0.25) is 0 Å². The number of ether oxygens (including phenoxy) is 1. The molecule has 1 aromatic carbocycles. The molecule has 0 saturated carbocycles. The maximum absolute atomic E-state index is 12.1. The summed E-state index contributed by atoms with van der Waals surface area (Å²) in [7, 11) is 0. The van der Waals surface area contributed by atoms with Crippen LogP contribution in [0.25, 0.3) is 0 Å². The highest BCUT2D eigenvalue weighted by Gasteiger charge is 2.18. The highest BCUT2D eigenvalue weighted by molar-refractivity contribution is 6.35. The third-order valence-electron chi connectivity index (χ3n) is 4.29. The van der Waals surface area contributed by atoms with Gasteiger partial charge in [0, 0.05) is 24.7 Å². The third kappa shape index (κ3) is 6.40. The van der Waals surface area contributed by atoms with E-state index in [9.17, 15) is 14.4 Å². The van der Waals surface area contributed by atoms with Crippen molar-refractivity contribution >= 4 is 23.9 Å². The van der Waals surface area contributed by atoms with Crippen LogP contribution < -0.4 is 15.5 Å². The molecule has 1 aliphatic heterocycles. The van der Waals surface area contributed by atoms with Crippen LogP contribution in [0.3, 0.4) is 0 Å². The first-order valence-corrected chi connectivity index (χ1v) is 9.14. The number of hydrogen-bond acceptors (Lipinski definition) is 5. The number of carbonyl (C=O) groups excluding carboxylic acids is 3. The van der Waals surface area contributed by atoms with Crippen molar-refractivity contribution in [1.29, 1.82) is 0 Å². The molecule has 1 atom stereocenters. The summed E-state index contributed by atoms with van der Waals surface area (Å²) in [6, 6.07) is 6.94. The Morgan fingerprint density at radius 2 is 1.93 bits per heavy atom. The minimum atomic E-state index is -0.839. The number of rotatable bonds is 7. The molecule has 2 N–H and O–H groups in total. The van der Waals surface area contributed by atoms with Gasteiger partial charge >= 0.3 is 11.8 Å². The van der Waals surface area contributed by atoms with E-state index in [0.717, 1.165) is 32.4 Å². The first kappa shape index (κ1) is 20.4. The van der Waals surface area contributed by atoms with Gasteiger partial charge in [-0.1, -0.05) is 19.1 Å². The average molecular weight is 374 g/mol. The molecule has 0 radical (unpaired) electrons. The minimum Gasteiger partial charge on any atom is -0.483 e. The van der Waals surface area contributed by atoms with Crippen molar-refractivity contribution in [3.63, 3.8) is 0 Å². The van der Waals surface area contributed by atoms with Gasteiger partial charge in [-0.3, -0.25) is 14.4 Å². The van der Waals surface area contributed by atoms with Crippen LogP contribution in [0.5, 0.6) is 5.75 Å². The molecule has 2 rings (SSSR count). The highest BCUT2D eigenvalue weighted by Crippen LogP contribution is 2.16. The monoisotopic (exact) mass is 374 g/mol. The Labute approximate surface area is 158 Å². The van der Waals surface area contributed by atoms with Gasteiger partial charge in [0.05, 0.1) is 6.21 Å². The van der Waals surface area contributed by atoms with Crippen LogP contribution in [0.4, 0.5) is 0 Å². The molecule has 0 aliphatic carbocycles. The van der Waals surface area contributed by atoms with E-state index in [1.54, 1.807) is 29.2 Å². The zero-order valence-corrected chi connectivity index (χ0v) is 15.7. The van der Waals surface area contributed by atoms with Crippen molar-refractivity contribution in [3.05, 3.63) is 29.8 Å². The zero-order chi connectivity index (χ0) is 19.6. The lowest BCUT2D eigenvalue weighted by molar-refractivity contribution is -0.139. The Kier molecular flexibility index (Phi) is 7.79. The van der Waals surface area contributed by atoms with Crippen molar-refractivity contribution in [1.82, 2.24) is 15.6 Å². The van der Waals surface area contributed by atoms with Crippen molar-refractivity contribution in [2.75, 3.05) is 19.7 Å². The van der Waals surface area contributed by atoms with E-state index < -0.39 is 11.8 Å². The summed E-state index contributed by atoms with van der Waals surface area (Å²) in [5.41, 5.74) is 2.78. The number of hydrazone groups is 1. The first-order chi connectivity index (χ1) is 13.0. The molecule has 0 unspecified atom stereocenters. The van der Waals surface area contributed by atoms with Crippen molar-refractivity contribution in [2.45, 2.75) is 39.2 Å². The van der Waals surface area contributed by atoms with Gasteiger partial charge in [-0.05, 0) is 38.3 Å². The number of benzene rings is 1. The van der Waals surface area contributed by atoms with Gasteiger partial charge in [-0.15, -0.1) is 0 Å². The molecule has 0 bridgehead atoms. The predicted octanol–water partition coefficient (Wildman–Crippen LogP) is 1.05. The van der Waals surface area contributed by atoms with E-state index in [0.29, 0.717) is 11.3 Å². The van der Waals surface area contributed by atoms with E-state index >= 15 is 0 Å². The Bertz CT molecular complexity index is 699. The smallest absolute Gasteiger partial charge is 0.329 e. The Balaban J connectivity index is 1.88. The molecule has 1 aliphatic rings. The molecule has 8 nitrogen and oxygen atoms in total. The van der Waals surface area contributed by atoms with Gasteiger partial charge in [0.25, 0.3) is 5.91 Å². The Hall–Kier alpha value is -2.90. The number of hydrogen-bond donors (Lipinski definition) is 2. The summed E-state index contributed by atoms with van der Waals surface area (Å²) in [5, 5.41) is 6.36. The van der Waals surface area contributed by atoms with Crippen molar-refractivity contribution in [3.8, 4) is 5.75 Å². The molecule has 1 heterocycles. The molecule has 3 amide bonds. The number of nitrogens with zero attached hydrogens (tertiary/aromatic N) is 2. The fraction of sp³-hybridized carbons (Fsp3) is 0.474. The molecule has 0 spiro atoms. The lowest BCUT2D eigenvalue weighted by Crippen LogP contribution is -2.41. The van der Waals surface area contributed by atoms with E-state index in [-0.39, 0.29) is 18.6 Å². The summed E-state index contributed by atoms with van der Waals surface area (Å²) in [6.45, 7) is 5.22. The molecular weight excluding hydrogens is 348 g/mol. The topological polar surface area (TPSA) is 100 Å². The first-order valence-electron chi connectivity index (χ1n) is 9.14. The SMILES string of the molecule is CC[C@@H](C)NC(=O)C(=O)N/N=C\c1ccccc1OCC(=O)N1CCCC1. The minimum absolute atomic E-state index is 0.0470. The molecule has 27 heavy (non-hydrogen) atoms. The number of para-hydroxylation sites is 1. The lowest BCUT2D eigenvalue weighted by Gasteiger charge is -2.16. The molecule has 1 saturated heterocycles. The second-order valence-corrected chi connectivity index (χ2v) is 6.40. The van der Waals surface area contributed by atoms with Crippen LogP contribution in [0.1, 0.15) is 38.7 Å². The van der Waals surface area contributed by atoms with E-state index in [2.05, 4.69) is 15.8 Å². The van der Waals surface area contributed by atoms with E-state index in [1.165, 1.54) is 6.21 Å². The predicted molar refractivity (Wildman–Crippen MR) is 101 cm³/mol. The van der Waals surface area contributed by atoms with Crippen molar-refractivity contribution in [2.24, 2.45) is 5.10 Å². The van der Waals surface area contributed by atoms with Crippen LogP contribution in [0.15, 0.2) is 29.4 Å². The number of likely N-dealkylation sites (tertiary alicyclic amines) is 1. The fourth-order valence-electron chi connectivity index (χ4n) is 2.52. The number of carbonyl (C=O) groups is 3. The molecule has 1 aromatic rings. The molecule has 8 heteroatoms. The van der Waals surface area contributed by atoms with Crippen LogP contribution in [0.2, 0.25) is 0 Å². The van der Waals surface area contributed by atoms with Gasteiger partial charge < -0.3 is 15.0 Å². The van der Waals surface area contributed by atoms with Crippen LogP contribution in [0, 0.1) is 0 Å². The largest absolute Gasteiger partial charge is 0.483 e. The summed E-state index contributed by atoms with van der Waals surface area (Å²) in [6.07, 6.45) is 4.16. The summed E-state index contributed by atoms with van der Waals surface area (Å²) < 4.78 is 5.61. The number of amides is 3. The molecule has 146 valence electrons.